The van der Waals surface area contributed by atoms with Crippen LogP contribution in [-0.2, 0) is 9.47 Å². The molecule has 0 unspecified atom stereocenters. The van der Waals surface area contributed by atoms with Gasteiger partial charge in [-0.25, -0.2) is 29.5 Å². The summed E-state index contributed by atoms with van der Waals surface area (Å²) >= 11 is 17.1. The summed E-state index contributed by atoms with van der Waals surface area (Å²) in [5, 5.41) is 1.03. The molecule has 1 aromatic carbocycles. The van der Waals surface area contributed by atoms with Crippen LogP contribution in [0.1, 0.15) is 55.8 Å². The van der Waals surface area contributed by atoms with Gasteiger partial charge in [0.25, 0.3) is 0 Å². The van der Waals surface area contributed by atoms with Crippen LogP contribution in [0.4, 0.5) is 0 Å². The van der Waals surface area contributed by atoms with E-state index in [2.05, 4.69) is 24.9 Å². The van der Waals surface area contributed by atoms with Crippen molar-refractivity contribution in [1.82, 2.24) is 24.9 Å². The van der Waals surface area contributed by atoms with E-state index in [1.54, 1.807) is 33.9 Å². The van der Waals surface area contributed by atoms with Gasteiger partial charge in [-0.1, -0.05) is 37.2 Å². The maximum Gasteiger partial charge on any atom is 0.343 e. The Morgan fingerprint density at radius 1 is 0.838 bits per heavy atom. The summed E-state index contributed by atoms with van der Waals surface area (Å²) in [4.78, 5) is 42.2. The van der Waals surface area contributed by atoms with E-state index in [0.717, 1.165) is 16.5 Å². The van der Waals surface area contributed by atoms with Crippen LogP contribution in [0, 0.1) is 0 Å². The molecule has 4 aromatic rings. The van der Waals surface area contributed by atoms with Crippen LogP contribution < -0.4 is 0 Å². The zero-order valence-electron chi connectivity index (χ0n) is 19.8. The maximum atomic E-state index is 12.3. The number of carbonyl (C=O) groups excluding carboxylic acids is 2. The third-order valence-corrected chi connectivity index (χ3v) is 5.09. The zero-order chi connectivity index (χ0) is 26.4. The topological polar surface area (TPSA) is 120 Å². The molecule has 1 N–H and O–H groups in total. The maximum absolute atomic E-state index is 12.3. The second-order valence-electron chi connectivity index (χ2n) is 7.90. The van der Waals surface area contributed by atoms with Crippen molar-refractivity contribution in [2.45, 2.75) is 47.3 Å². The van der Waals surface area contributed by atoms with Crippen LogP contribution in [0.15, 0.2) is 42.9 Å². The number of hydrogen-bond acceptors (Lipinski definition) is 8. The number of aromatic nitrogens is 5. The van der Waals surface area contributed by atoms with Gasteiger partial charge in [0.05, 0.1) is 17.9 Å². The zero-order valence-corrected chi connectivity index (χ0v) is 22.0. The van der Waals surface area contributed by atoms with Gasteiger partial charge in [-0.3, -0.25) is 0 Å². The van der Waals surface area contributed by atoms with E-state index in [9.17, 15) is 9.59 Å². The molecule has 196 valence electrons. The van der Waals surface area contributed by atoms with E-state index < -0.39 is 11.9 Å². The van der Waals surface area contributed by atoms with Crippen molar-refractivity contribution in [2.75, 3.05) is 0 Å². The second-order valence-corrected chi connectivity index (χ2v) is 8.94. The molecule has 0 saturated heterocycles. The van der Waals surface area contributed by atoms with Crippen molar-refractivity contribution >= 4 is 57.6 Å². The predicted molar refractivity (Wildman–Crippen MR) is 144 cm³/mol. The van der Waals surface area contributed by atoms with E-state index in [1.807, 2.05) is 24.3 Å². The van der Waals surface area contributed by atoms with Crippen LogP contribution in [0.25, 0.3) is 22.2 Å². The lowest BCUT2D eigenvalue weighted by Crippen LogP contribution is -2.13. The van der Waals surface area contributed by atoms with Gasteiger partial charge in [0, 0.05) is 35.1 Å². The number of nitrogens with one attached hydrogen (secondary N) is 1. The van der Waals surface area contributed by atoms with Crippen LogP contribution in [0.3, 0.4) is 0 Å². The number of esters is 2. The van der Waals surface area contributed by atoms with Gasteiger partial charge in [0.2, 0.25) is 10.6 Å². The highest BCUT2D eigenvalue weighted by Crippen LogP contribution is 2.30. The molecule has 4 rings (SSSR count). The normalized spacial score (nSPS) is 10.5. The molecule has 37 heavy (non-hydrogen) atoms. The van der Waals surface area contributed by atoms with Crippen molar-refractivity contribution in [3.05, 3.63) is 69.7 Å². The van der Waals surface area contributed by atoms with E-state index in [0.29, 0.717) is 11.3 Å². The number of aromatic amines is 1. The minimum absolute atomic E-state index is 0. The summed E-state index contributed by atoms with van der Waals surface area (Å²) in [5.41, 5.74) is 2.61. The third kappa shape index (κ3) is 7.85. The minimum Gasteiger partial charge on any atom is -0.459 e. The highest BCUT2D eigenvalue weighted by atomic mass is 35.5. The number of halogens is 3. The van der Waals surface area contributed by atoms with Gasteiger partial charge < -0.3 is 14.5 Å². The van der Waals surface area contributed by atoms with Crippen molar-refractivity contribution in [2.24, 2.45) is 0 Å². The number of para-hydroxylation sites is 1. The predicted octanol–water partition coefficient (Wildman–Crippen LogP) is 6.83. The Morgan fingerprint density at radius 3 is 1.97 bits per heavy atom. The van der Waals surface area contributed by atoms with Crippen LogP contribution in [-0.4, -0.2) is 49.1 Å². The first-order chi connectivity index (χ1) is 17.1. The molecular formula is C25H26Cl3N5O4. The van der Waals surface area contributed by atoms with Gasteiger partial charge in [-0.15, -0.1) is 0 Å². The standard InChI is InChI=1S/C16H14ClN3O2.C8H8Cl2N2O2.CH4/c1-9(2)22-15(21)12-8-19-16(17)20-14(12)11-7-18-13-6-4-3-5-10(11)13;1-4(2)14-7(13)5-3-11-8(10)12-6(5)9;/h3-9,18H,1-2H3;3-4H,1-2H3;1H4. The van der Waals surface area contributed by atoms with Gasteiger partial charge >= 0.3 is 11.9 Å². The number of H-pyrrole nitrogens is 1. The summed E-state index contributed by atoms with van der Waals surface area (Å²) < 4.78 is 10.2. The molecule has 9 nitrogen and oxygen atoms in total. The van der Waals surface area contributed by atoms with Crippen molar-refractivity contribution in [3.8, 4) is 11.3 Å². The fraction of sp³-hybridized carbons (Fsp3) is 0.280. The Labute approximate surface area is 229 Å². The lowest BCUT2D eigenvalue weighted by atomic mass is 10.1. The largest absolute Gasteiger partial charge is 0.459 e. The lowest BCUT2D eigenvalue weighted by Gasteiger charge is -2.10. The third-order valence-electron chi connectivity index (χ3n) is 4.44. The molecule has 0 saturated carbocycles. The quantitative estimate of drug-likeness (QED) is 0.159. The molecule has 0 spiro atoms. The Hall–Kier alpha value is -3.27. The summed E-state index contributed by atoms with van der Waals surface area (Å²) in [6.07, 6.45) is 4.00. The minimum atomic E-state index is -0.554. The van der Waals surface area contributed by atoms with Crippen molar-refractivity contribution in [1.29, 1.82) is 0 Å². The summed E-state index contributed by atoms with van der Waals surface area (Å²) in [7, 11) is 0. The molecule has 0 radical (unpaired) electrons. The van der Waals surface area contributed by atoms with Gasteiger partial charge in [-0.05, 0) is 57.0 Å². The van der Waals surface area contributed by atoms with E-state index in [1.165, 1.54) is 12.4 Å². The fourth-order valence-electron chi connectivity index (χ4n) is 3.02. The van der Waals surface area contributed by atoms with Crippen molar-refractivity contribution in [3.63, 3.8) is 0 Å². The number of nitrogens with zero attached hydrogens (tertiary/aromatic N) is 4. The SMILES string of the molecule is C.CC(C)OC(=O)c1cnc(Cl)nc1-c1c[nH]c2ccccc12.CC(C)OC(=O)c1cnc(Cl)nc1Cl. The van der Waals surface area contributed by atoms with Gasteiger partial charge in [-0.2, -0.15) is 0 Å². The Morgan fingerprint density at radius 2 is 1.38 bits per heavy atom. The van der Waals surface area contributed by atoms with Crippen LogP contribution in [0.5, 0.6) is 0 Å². The monoisotopic (exact) mass is 565 g/mol. The molecule has 12 heteroatoms. The van der Waals surface area contributed by atoms with E-state index >= 15 is 0 Å². The van der Waals surface area contributed by atoms with Gasteiger partial charge in [0.15, 0.2) is 0 Å². The summed E-state index contributed by atoms with van der Waals surface area (Å²) in [5.74, 6) is -1.02. The highest BCUT2D eigenvalue weighted by molar-refractivity contribution is 6.33. The molecule has 0 fully saturated rings. The second kappa shape index (κ2) is 13.3. The van der Waals surface area contributed by atoms with Crippen molar-refractivity contribution < 1.29 is 19.1 Å². The number of rotatable bonds is 5. The number of benzene rings is 1. The lowest BCUT2D eigenvalue weighted by molar-refractivity contribution is 0.0366. The van der Waals surface area contributed by atoms with Crippen LogP contribution >= 0.6 is 34.8 Å². The number of fused-ring (bicyclic) bond motifs is 1. The number of ether oxygens (including phenoxy) is 2. The Bertz CT molecular complexity index is 1390. The molecule has 0 bridgehead atoms. The molecule has 0 atom stereocenters. The average molecular weight is 567 g/mol. The Balaban J connectivity index is 0.000000280. The number of hydrogen-bond donors (Lipinski definition) is 1. The fourth-order valence-corrected chi connectivity index (χ4v) is 3.53. The number of carbonyl (C=O) groups is 2. The molecule has 0 aliphatic carbocycles. The first-order valence-electron chi connectivity index (χ1n) is 10.8. The molecule has 3 heterocycles. The average Bonchev–Trinajstić information content (AvgIpc) is 3.22. The van der Waals surface area contributed by atoms with Crippen LogP contribution in [0.2, 0.25) is 15.7 Å². The summed E-state index contributed by atoms with van der Waals surface area (Å²) in [6, 6.07) is 7.76. The smallest absolute Gasteiger partial charge is 0.343 e. The first kappa shape index (κ1) is 30.0. The molecule has 0 amide bonds. The molecule has 3 aromatic heterocycles. The van der Waals surface area contributed by atoms with Gasteiger partial charge in [0.1, 0.15) is 16.3 Å². The molecule has 0 aliphatic rings. The van der Waals surface area contributed by atoms with E-state index in [4.69, 9.17) is 44.3 Å². The highest BCUT2D eigenvalue weighted by Gasteiger charge is 2.20. The first-order valence-corrected chi connectivity index (χ1v) is 11.9. The van der Waals surface area contributed by atoms with E-state index in [-0.39, 0.29) is 40.9 Å². The Kier molecular flexibility index (Phi) is 10.8. The molecule has 0 aliphatic heterocycles. The molecular weight excluding hydrogens is 541 g/mol. The summed E-state index contributed by atoms with van der Waals surface area (Å²) in [6.45, 7) is 7.06.